The molecule has 2 nitrogen and oxygen atoms in total. The molecule has 0 aliphatic heterocycles. The summed E-state index contributed by atoms with van der Waals surface area (Å²) >= 11 is 0. The molecule has 1 heterocycles. The molecule has 5 heteroatoms. The van der Waals surface area contributed by atoms with Crippen LogP contribution in [0.5, 0.6) is 0 Å². The van der Waals surface area contributed by atoms with Gasteiger partial charge < -0.3 is 0 Å². The minimum atomic E-state index is -4.35. The third-order valence-corrected chi connectivity index (χ3v) is 5.16. The molecule has 1 aliphatic rings. The lowest BCUT2D eigenvalue weighted by Gasteiger charge is -2.45. The van der Waals surface area contributed by atoms with Gasteiger partial charge in [0.1, 0.15) is 5.69 Å². The van der Waals surface area contributed by atoms with Gasteiger partial charge in [-0.1, -0.05) is 31.5 Å². The Labute approximate surface area is 138 Å². The fraction of sp³-hybridized carbons (Fsp3) is 0.368. The molecule has 1 aliphatic carbocycles. The molecule has 1 atom stereocenters. The number of Topliss-reactive ketones (excluding diaryl/α,β-unsaturated/α-hetero) is 1. The standard InChI is InChI=1S/C19H18F3NO/c1-13(14-6-8-15(9-7-14)19(20,21)22)18(10-4-11-18)17(24)16-5-2-3-12-23-16/h2-3,5-9,12-13H,4,10-11H2,1H3. The van der Waals surface area contributed by atoms with Gasteiger partial charge in [-0.3, -0.25) is 9.78 Å². The maximum atomic E-state index is 12.9. The molecule has 24 heavy (non-hydrogen) atoms. The number of ketones is 1. The van der Waals surface area contributed by atoms with Crippen molar-refractivity contribution in [1.29, 1.82) is 0 Å². The first-order valence-electron chi connectivity index (χ1n) is 7.97. The van der Waals surface area contributed by atoms with E-state index in [0.29, 0.717) is 5.69 Å². The second kappa shape index (κ2) is 6.04. The summed E-state index contributed by atoms with van der Waals surface area (Å²) < 4.78 is 38.2. The van der Waals surface area contributed by atoms with Crippen molar-refractivity contribution in [2.45, 2.75) is 38.3 Å². The van der Waals surface area contributed by atoms with Crippen LogP contribution in [0, 0.1) is 5.41 Å². The van der Waals surface area contributed by atoms with Crippen LogP contribution in [0.2, 0.25) is 0 Å². The first-order chi connectivity index (χ1) is 11.3. The number of rotatable bonds is 4. The summed E-state index contributed by atoms with van der Waals surface area (Å²) in [5.41, 5.74) is -0.0474. The van der Waals surface area contributed by atoms with Crippen molar-refractivity contribution >= 4 is 5.78 Å². The van der Waals surface area contributed by atoms with E-state index < -0.39 is 17.2 Å². The third kappa shape index (κ3) is 2.83. The Balaban J connectivity index is 1.89. The van der Waals surface area contributed by atoms with E-state index in [-0.39, 0.29) is 11.7 Å². The molecule has 3 rings (SSSR count). The van der Waals surface area contributed by atoms with Gasteiger partial charge in [-0.2, -0.15) is 13.2 Å². The number of hydrogen-bond acceptors (Lipinski definition) is 2. The van der Waals surface area contributed by atoms with Gasteiger partial charge >= 0.3 is 6.18 Å². The fourth-order valence-electron chi connectivity index (χ4n) is 3.45. The minimum absolute atomic E-state index is 0.0123. The molecule has 1 aromatic heterocycles. The summed E-state index contributed by atoms with van der Waals surface area (Å²) in [5, 5.41) is 0. The predicted molar refractivity (Wildman–Crippen MR) is 84.7 cm³/mol. The van der Waals surface area contributed by atoms with E-state index in [1.807, 2.05) is 6.92 Å². The van der Waals surface area contributed by atoms with Crippen LogP contribution >= 0.6 is 0 Å². The normalized spacial score (nSPS) is 17.8. The second-order valence-corrected chi connectivity index (χ2v) is 6.40. The molecular weight excluding hydrogens is 315 g/mol. The summed E-state index contributed by atoms with van der Waals surface area (Å²) in [7, 11) is 0. The number of benzene rings is 1. The van der Waals surface area contributed by atoms with Crippen molar-refractivity contribution in [3.05, 3.63) is 65.5 Å². The Hall–Kier alpha value is -2.17. The Morgan fingerprint density at radius 2 is 1.79 bits per heavy atom. The molecule has 0 saturated heterocycles. The van der Waals surface area contributed by atoms with E-state index in [1.165, 1.54) is 12.1 Å². The molecule has 0 amide bonds. The Bertz CT molecular complexity index is 719. The Morgan fingerprint density at radius 3 is 2.25 bits per heavy atom. The molecule has 1 aromatic carbocycles. The van der Waals surface area contributed by atoms with Crippen molar-refractivity contribution in [1.82, 2.24) is 4.98 Å². The maximum absolute atomic E-state index is 12.9. The summed E-state index contributed by atoms with van der Waals surface area (Å²) in [4.78, 5) is 17.1. The Morgan fingerprint density at radius 1 is 1.12 bits per heavy atom. The monoisotopic (exact) mass is 333 g/mol. The fourth-order valence-corrected chi connectivity index (χ4v) is 3.45. The van der Waals surface area contributed by atoms with E-state index in [4.69, 9.17) is 0 Å². The van der Waals surface area contributed by atoms with Gasteiger partial charge in [-0.25, -0.2) is 0 Å². The summed E-state index contributed by atoms with van der Waals surface area (Å²) in [6.07, 6.45) is -0.333. The molecule has 2 aromatic rings. The van der Waals surface area contributed by atoms with Crippen molar-refractivity contribution in [3.63, 3.8) is 0 Å². The smallest absolute Gasteiger partial charge is 0.292 e. The topological polar surface area (TPSA) is 30.0 Å². The lowest BCUT2D eigenvalue weighted by molar-refractivity contribution is -0.137. The number of aromatic nitrogens is 1. The minimum Gasteiger partial charge on any atom is -0.292 e. The SMILES string of the molecule is CC(c1ccc(C(F)(F)F)cc1)C1(C(=O)c2ccccn2)CCC1. The van der Waals surface area contributed by atoms with E-state index in [0.717, 1.165) is 37.0 Å². The van der Waals surface area contributed by atoms with Crippen LogP contribution in [0.3, 0.4) is 0 Å². The number of nitrogens with zero attached hydrogens (tertiary/aromatic N) is 1. The highest BCUT2D eigenvalue weighted by Crippen LogP contribution is 2.53. The molecule has 0 N–H and O–H groups in total. The number of alkyl halides is 3. The number of hydrogen-bond donors (Lipinski definition) is 0. The van der Waals surface area contributed by atoms with Gasteiger partial charge in [-0.15, -0.1) is 0 Å². The highest BCUT2D eigenvalue weighted by Gasteiger charge is 2.49. The van der Waals surface area contributed by atoms with Gasteiger partial charge in [0, 0.05) is 11.6 Å². The molecule has 0 radical (unpaired) electrons. The third-order valence-electron chi connectivity index (χ3n) is 5.16. The zero-order chi connectivity index (χ0) is 17.4. The van der Waals surface area contributed by atoms with Crippen LogP contribution in [0.25, 0.3) is 0 Å². The number of halogens is 3. The molecule has 0 spiro atoms. The van der Waals surface area contributed by atoms with Crippen molar-refractivity contribution in [3.8, 4) is 0 Å². The average Bonchev–Trinajstić information content (AvgIpc) is 2.54. The lowest BCUT2D eigenvalue weighted by atomic mass is 9.57. The van der Waals surface area contributed by atoms with Gasteiger partial charge in [0.15, 0.2) is 5.78 Å². The second-order valence-electron chi connectivity index (χ2n) is 6.40. The van der Waals surface area contributed by atoms with E-state index in [9.17, 15) is 18.0 Å². The van der Waals surface area contributed by atoms with Crippen LogP contribution in [0.1, 0.15) is 53.7 Å². The first kappa shape index (κ1) is 16.7. The molecular formula is C19H18F3NO. The quantitative estimate of drug-likeness (QED) is 0.715. The molecule has 1 fully saturated rings. The highest BCUT2D eigenvalue weighted by atomic mass is 19.4. The maximum Gasteiger partial charge on any atom is 0.416 e. The zero-order valence-corrected chi connectivity index (χ0v) is 13.3. The van der Waals surface area contributed by atoms with Crippen LogP contribution < -0.4 is 0 Å². The van der Waals surface area contributed by atoms with E-state index >= 15 is 0 Å². The number of carbonyl (C=O) groups excluding carboxylic acids is 1. The van der Waals surface area contributed by atoms with Gasteiger partial charge in [0.25, 0.3) is 0 Å². The van der Waals surface area contributed by atoms with Gasteiger partial charge in [0.05, 0.1) is 5.56 Å². The van der Waals surface area contributed by atoms with Crippen molar-refractivity contribution < 1.29 is 18.0 Å². The largest absolute Gasteiger partial charge is 0.416 e. The van der Waals surface area contributed by atoms with Gasteiger partial charge in [0.2, 0.25) is 0 Å². The van der Waals surface area contributed by atoms with E-state index in [2.05, 4.69) is 4.98 Å². The molecule has 1 saturated carbocycles. The van der Waals surface area contributed by atoms with Gasteiger partial charge in [-0.05, 0) is 48.6 Å². The average molecular weight is 333 g/mol. The van der Waals surface area contributed by atoms with Crippen LogP contribution in [-0.2, 0) is 6.18 Å². The lowest BCUT2D eigenvalue weighted by Crippen LogP contribution is -2.42. The molecule has 1 unspecified atom stereocenters. The highest BCUT2D eigenvalue weighted by molar-refractivity contribution is 6.00. The summed E-state index contributed by atoms with van der Waals surface area (Å²) in [5.74, 6) is -0.162. The number of pyridine rings is 1. The summed E-state index contributed by atoms with van der Waals surface area (Å²) in [6, 6.07) is 10.4. The first-order valence-corrected chi connectivity index (χ1v) is 7.97. The number of carbonyl (C=O) groups is 1. The summed E-state index contributed by atoms with van der Waals surface area (Å²) in [6.45, 7) is 1.92. The van der Waals surface area contributed by atoms with Crippen LogP contribution in [0.15, 0.2) is 48.7 Å². The predicted octanol–water partition coefficient (Wildman–Crippen LogP) is 5.26. The van der Waals surface area contributed by atoms with Crippen LogP contribution in [-0.4, -0.2) is 10.8 Å². The zero-order valence-electron chi connectivity index (χ0n) is 13.3. The van der Waals surface area contributed by atoms with E-state index in [1.54, 1.807) is 24.4 Å². The molecule has 126 valence electrons. The van der Waals surface area contributed by atoms with Crippen molar-refractivity contribution in [2.24, 2.45) is 5.41 Å². The van der Waals surface area contributed by atoms with Crippen molar-refractivity contribution in [2.75, 3.05) is 0 Å². The molecule has 0 bridgehead atoms. The Kier molecular flexibility index (Phi) is 4.20. The van der Waals surface area contributed by atoms with Crippen LogP contribution in [0.4, 0.5) is 13.2 Å².